The highest BCUT2D eigenvalue weighted by Crippen LogP contribution is 2.09. The van der Waals surface area contributed by atoms with Crippen LogP contribution in [0.2, 0.25) is 0 Å². The van der Waals surface area contributed by atoms with Crippen molar-refractivity contribution in [2.24, 2.45) is 0 Å². The first-order valence-electron chi connectivity index (χ1n) is 5.52. The number of rotatable bonds is 6. The summed E-state index contributed by atoms with van der Waals surface area (Å²) in [5.74, 6) is 5.77. The zero-order valence-electron chi connectivity index (χ0n) is 9.22. The van der Waals surface area contributed by atoms with Crippen LogP contribution in [0.5, 0.6) is 0 Å². The van der Waals surface area contributed by atoms with Crippen LogP contribution in [0.3, 0.4) is 0 Å². The van der Waals surface area contributed by atoms with Crippen LogP contribution in [0.15, 0.2) is 0 Å². The Labute approximate surface area is 92.9 Å². The molecular weight excluding hydrogens is 196 g/mol. The van der Waals surface area contributed by atoms with Gasteiger partial charge >= 0.3 is 0 Å². The maximum Gasteiger partial charge on any atom is 0.131 e. The number of halogens is 1. The largest absolute Gasteiger partial charge is 0.379 e. The van der Waals surface area contributed by atoms with E-state index in [0.717, 1.165) is 25.7 Å². The summed E-state index contributed by atoms with van der Waals surface area (Å²) in [7, 11) is 0. The second-order valence-corrected chi connectivity index (χ2v) is 4.09. The minimum atomic E-state index is -0.654. The summed E-state index contributed by atoms with van der Waals surface area (Å²) in [4.78, 5) is 0. The lowest BCUT2D eigenvalue weighted by molar-refractivity contribution is 0.222. The molecule has 0 aromatic carbocycles. The van der Waals surface area contributed by atoms with E-state index in [1.165, 1.54) is 12.8 Å². The number of unbranched alkanes of at least 4 members (excludes halogenated alkanes) is 3. The Morgan fingerprint density at radius 3 is 2.50 bits per heavy atom. The summed E-state index contributed by atoms with van der Waals surface area (Å²) < 4.78 is 0. The van der Waals surface area contributed by atoms with E-state index in [-0.39, 0.29) is 5.38 Å². The monoisotopic (exact) mass is 216 g/mol. The van der Waals surface area contributed by atoms with Gasteiger partial charge in [-0.2, -0.15) is 0 Å². The molecule has 1 N–H and O–H groups in total. The summed E-state index contributed by atoms with van der Waals surface area (Å²) in [5, 5.41) is 9.29. The van der Waals surface area contributed by atoms with Gasteiger partial charge in [0.25, 0.3) is 0 Å². The Morgan fingerprint density at radius 2 is 1.93 bits per heavy atom. The fraction of sp³-hybridized carbons (Fsp3) is 0.833. The van der Waals surface area contributed by atoms with Crippen molar-refractivity contribution < 1.29 is 5.11 Å². The van der Waals surface area contributed by atoms with Crippen LogP contribution < -0.4 is 0 Å². The molecule has 0 radical (unpaired) electrons. The van der Waals surface area contributed by atoms with Gasteiger partial charge in [0.05, 0.1) is 5.38 Å². The Bertz CT molecular complexity index is 180. The SMILES string of the molecule is CCCCCC#C[C@H](O)[C@H](Cl)CCC. The molecule has 14 heavy (non-hydrogen) atoms. The predicted octanol–water partition coefficient (Wildman–Crippen LogP) is 3.34. The van der Waals surface area contributed by atoms with Crippen molar-refractivity contribution >= 4 is 11.6 Å². The maximum absolute atomic E-state index is 9.50. The van der Waals surface area contributed by atoms with Gasteiger partial charge in [-0.05, 0) is 12.8 Å². The van der Waals surface area contributed by atoms with Crippen molar-refractivity contribution in [1.29, 1.82) is 0 Å². The molecule has 0 amide bonds. The van der Waals surface area contributed by atoms with Crippen molar-refractivity contribution in [3.63, 3.8) is 0 Å². The third kappa shape index (κ3) is 7.24. The van der Waals surface area contributed by atoms with Gasteiger partial charge in [-0.1, -0.05) is 39.0 Å². The summed E-state index contributed by atoms with van der Waals surface area (Å²) in [6.07, 6.45) is 5.58. The van der Waals surface area contributed by atoms with Gasteiger partial charge < -0.3 is 5.11 Å². The summed E-state index contributed by atoms with van der Waals surface area (Å²) in [6.45, 7) is 4.22. The maximum atomic E-state index is 9.50. The lowest BCUT2D eigenvalue weighted by atomic mass is 10.1. The van der Waals surface area contributed by atoms with Crippen LogP contribution in [0.25, 0.3) is 0 Å². The van der Waals surface area contributed by atoms with Gasteiger partial charge in [-0.3, -0.25) is 0 Å². The average molecular weight is 217 g/mol. The molecule has 0 unspecified atom stereocenters. The van der Waals surface area contributed by atoms with E-state index >= 15 is 0 Å². The van der Waals surface area contributed by atoms with Crippen molar-refractivity contribution in [3.8, 4) is 11.8 Å². The van der Waals surface area contributed by atoms with Crippen molar-refractivity contribution in [2.75, 3.05) is 0 Å². The minimum absolute atomic E-state index is 0.210. The molecule has 0 rings (SSSR count). The lowest BCUT2D eigenvalue weighted by Gasteiger charge is -2.09. The number of alkyl halides is 1. The quantitative estimate of drug-likeness (QED) is 0.410. The van der Waals surface area contributed by atoms with Crippen LogP contribution >= 0.6 is 11.6 Å². The number of aliphatic hydroxyl groups is 1. The normalized spacial score (nSPS) is 14.3. The second-order valence-electron chi connectivity index (χ2n) is 3.53. The fourth-order valence-electron chi connectivity index (χ4n) is 1.16. The van der Waals surface area contributed by atoms with Crippen molar-refractivity contribution in [1.82, 2.24) is 0 Å². The lowest BCUT2D eigenvalue weighted by Crippen LogP contribution is -2.18. The molecule has 2 heteroatoms. The molecule has 0 aliphatic heterocycles. The molecular formula is C12H21ClO. The van der Waals surface area contributed by atoms with Gasteiger partial charge in [0.15, 0.2) is 0 Å². The third-order valence-corrected chi connectivity index (χ3v) is 2.52. The highest BCUT2D eigenvalue weighted by atomic mass is 35.5. The number of aliphatic hydroxyl groups excluding tert-OH is 1. The van der Waals surface area contributed by atoms with Gasteiger partial charge in [-0.25, -0.2) is 0 Å². The predicted molar refractivity (Wildman–Crippen MR) is 62.5 cm³/mol. The molecule has 0 spiro atoms. The second kappa shape index (κ2) is 9.37. The van der Waals surface area contributed by atoms with Gasteiger partial charge in [-0.15, -0.1) is 17.5 Å². The van der Waals surface area contributed by atoms with Gasteiger partial charge in [0, 0.05) is 6.42 Å². The molecule has 0 saturated heterocycles. The Hall–Kier alpha value is -0.190. The molecule has 0 aliphatic carbocycles. The van der Waals surface area contributed by atoms with Crippen LogP contribution in [0, 0.1) is 11.8 Å². The molecule has 0 fully saturated rings. The summed E-state index contributed by atoms with van der Waals surface area (Å²) in [6, 6.07) is 0. The fourth-order valence-corrected chi connectivity index (χ4v) is 1.45. The first-order chi connectivity index (χ1) is 6.72. The summed E-state index contributed by atoms with van der Waals surface area (Å²) in [5.41, 5.74) is 0. The van der Waals surface area contributed by atoms with E-state index in [9.17, 15) is 5.11 Å². The number of hydrogen-bond acceptors (Lipinski definition) is 1. The van der Waals surface area contributed by atoms with E-state index in [4.69, 9.17) is 11.6 Å². The van der Waals surface area contributed by atoms with E-state index in [2.05, 4.69) is 25.7 Å². The first-order valence-corrected chi connectivity index (χ1v) is 5.96. The number of hydrogen-bond donors (Lipinski definition) is 1. The molecule has 0 saturated carbocycles. The van der Waals surface area contributed by atoms with Crippen LogP contribution in [0.4, 0.5) is 0 Å². The molecule has 0 aliphatic rings. The average Bonchev–Trinajstić information content (AvgIpc) is 2.17. The highest BCUT2D eigenvalue weighted by Gasteiger charge is 2.11. The Balaban J connectivity index is 3.62. The topological polar surface area (TPSA) is 20.2 Å². The zero-order chi connectivity index (χ0) is 10.8. The molecule has 2 atom stereocenters. The first kappa shape index (κ1) is 13.8. The minimum Gasteiger partial charge on any atom is -0.379 e. The molecule has 0 aromatic heterocycles. The van der Waals surface area contributed by atoms with E-state index in [0.29, 0.717) is 0 Å². The van der Waals surface area contributed by atoms with Gasteiger partial charge in [0.2, 0.25) is 0 Å². The van der Waals surface area contributed by atoms with Gasteiger partial charge in [0.1, 0.15) is 6.10 Å². The van der Waals surface area contributed by atoms with E-state index < -0.39 is 6.10 Å². The molecule has 82 valence electrons. The zero-order valence-corrected chi connectivity index (χ0v) is 9.98. The molecule has 1 nitrogen and oxygen atoms in total. The molecule has 0 bridgehead atoms. The molecule has 0 heterocycles. The highest BCUT2D eigenvalue weighted by molar-refractivity contribution is 6.21. The van der Waals surface area contributed by atoms with Crippen LogP contribution in [-0.4, -0.2) is 16.6 Å². The third-order valence-electron chi connectivity index (χ3n) is 2.06. The van der Waals surface area contributed by atoms with E-state index in [1.54, 1.807) is 0 Å². The van der Waals surface area contributed by atoms with Crippen LogP contribution in [-0.2, 0) is 0 Å². The Kier molecular flexibility index (Phi) is 9.24. The smallest absolute Gasteiger partial charge is 0.131 e. The van der Waals surface area contributed by atoms with Crippen LogP contribution in [0.1, 0.15) is 52.4 Å². The Morgan fingerprint density at radius 1 is 1.21 bits per heavy atom. The van der Waals surface area contributed by atoms with Crippen molar-refractivity contribution in [2.45, 2.75) is 63.9 Å². The standard InChI is InChI=1S/C12H21ClO/c1-3-5-6-7-8-10-12(14)11(13)9-4-2/h11-12,14H,3-7,9H2,1-2H3/t11-,12+/m1/s1. The van der Waals surface area contributed by atoms with E-state index in [1.807, 2.05) is 0 Å². The summed E-state index contributed by atoms with van der Waals surface area (Å²) >= 11 is 5.92. The van der Waals surface area contributed by atoms with Crippen molar-refractivity contribution in [3.05, 3.63) is 0 Å². The molecule has 0 aromatic rings.